The van der Waals surface area contributed by atoms with Crippen molar-refractivity contribution in [1.29, 1.82) is 0 Å². The molecular weight excluding hydrogens is 352 g/mol. The summed E-state index contributed by atoms with van der Waals surface area (Å²) in [7, 11) is 1.21. The summed E-state index contributed by atoms with van der Waals surface area (Å²) in [5.41, 5.74) is -2.69. The van der Waals surface area contributed by atoms with E-state index in [9.17, 15) is 31.1 Å². The number of carbonyl (C=O) groups is 1. The Morgan fingerprint density at radius 2 is 1.84 bits per heavy atom. The van der Waals surface area contributed by atoms with Crippen molar-refractivity contribution in [2.24, 2.45) is 5.92 Å². The molecule has 1 aliphatic rings. The van der Waals surface area contributed by atoms with Crippen LogP contribution in [0.15, 0.2) is 18.2 Å². The first kappa shape index (κ1) is 19.6. The number of hydrogen-bond acceptors (Lipinski definition) is 3. The van der Waals surface area contributed by atoms with Crippen molar-refractivity contribution in [1.82, 2.24) is 4.90 Å². The van der Waals surface area contributed by atoms with Crippen LogP contribution in [0.5, 0.6) is 0 Å². The summed E-state index contributed by atoms with van der Waals surface area (Å²) in [6.07, 6.45) is -9.12. The van der Waals surface area contributed by atoms with Gasteiger partial charge in [0.2, 0.25) is 0 Å². The number of nitrogens with zero attached hydrogens (tertiary/aromatic N) is 1. The molecule has 2 rings (SSSR count). The lowest BCUT2D eigenvalue weighted by Gasteiger charge is -2.28. The van der Waals surface area contributed by atoms with Crippen molar-refractivity contribution in [3.05, 3.63) is 34.9 Å². The Kier molecular flexibility index (Phi) is 5.36. The molecule has 0 spiro atoms. The summed E-state index contributed by atoms with van der Waals surface area (Å²) < 4.78 is 82.9. The lowest BCUT2D eigenvalue weighted by atomic mass is 9.97. The van der Waals surface area contributed by atoms with Crippen molar-refractivity contribution in [3.63, 3.8) is 0 Å². The van der Waals surface area contributed by atoms with Gasteiger partial charge in [-0.1, -0.05) is 0 Å². The van der Waals surface area contributed by atoms with Gasteiger partial charge < -0.3 is 4.74 Å². The number of hydrogen-bond donors (Lipinski definition) is 0. The zero-order valence-corrected chi connectivity index (χ0v) is 13.5. The Morgan fingerprint density at radius 1 is 1.20 bits per heavy atom. The van der Waals surface area contributed by atoms with Gasteiger partial charge >= 0.3 is 18.3 Å². The normalized spacial score (nSPS) is 20.6. The summed E-state index contributed by atoms with van der Waals surface area (Å²) in [5, 5.41) is 0. The standard InChI is InChI=1S/C16H17F6NO2/c1-9(23-6-5-10(8-23)14(24)25-2)12-7-11(15(17,18)19)3-4-13(12)16(20,21)22/h3-4,7,9-10H,5-6,8H2,1-2H3. The summed E-state index contributed by atoms with van der Waals surface area (Å²) >= 11 is 0. The number of methoxy groups -OCH3 is 1. The summed E-state index contributed by atoms with van der Waals surface area (Å²) in [6, 6.07) is 0.510. The maximum Gasteiger partial charge on any atom is 0.416 e. The quantitative estimate of drug-likeness (QED) is 0.588. The molecule has 1 heterocycles. The molecule has 3 nitrogen and oxygen atoms in total. The van der Waals surface area contributed by atoms with Crippen molar-refractivity contribution >= 4 is 5.97 Å². The van der Waals surface area contributed by atoms with E-state index in [1.165, 1.54) is 14.0 Å². The summed E-state index contributed by atoms with van der Waals surface area (Å²) in [4.78, 5) is 13.1. The molecule has 0 bridgehead atoms. The van der Waals surface area contributed by atoms with Gasteiger partial charge in [-0.15, -0.1) is 0 Å². The summed E-state index contributed by atoms with van der Waals surface area (Å²) in [5.74, 6) is -0.970. The van der Waals surface area contributed by atoms with Gasteiger partial charge in [-0.2, -0.15) is 26.3 Å². The fraction of sp³-hybridized carbons (Fsp3) is 0.562. The van der Waals surface area contributed by atoms with E-state index in [0.717, 1.165) is 0 Å². The molecule has 0 aromatic heterocycles. The first-order chi connectivity index (χ1) is 11.4. The number of ether oxygens (including phenoxy) is 1. The van der Waals surface area contributed by atoms with Crippen LogP contribution in [-0.4, -0.2) is 31.1 Å². The van der Waals surface area contributed by atoms with E-state index in [2.05, 4.69) is 4.74 Å². The zero-order valence-electron chi connectivity index (χ0n) is 13.5. The number of carbonyl (C=O) groups excluding carboxylic acids is 1. The third kappa shape index (κ3) is 4.26. The molecular formula is C16H17F6NO2. The second-order valence-corrected chi connectivity index (χ2v) is 5.98. The van der Waals surface area contributed by atoms with Crippen LogP contribution in [0.1, 0.15) is 36.1 Å². The van der Waals surface area contributed by atoms with Crippen LogP contribution >= 0.6 is 0 Å². The van der Waals surface area contributed by atoms with E-state index >= 15 is 0 Å². The lowest BCUT2D eigenvalue weighted by molar-refractivity contribution is -0.145. The van der Waals surface area contributed by atoms with E-state index < -0.39 is 47.0 Å². The average molecular weight is 369 g/mol. The Morgan fingerprint density at radius 3 is 2.36 bits per heavy atom. The number of likely N-dealkylation sites (tertiary alicyclic amines) is 1. The van der Waals surface area contributed by atoms with Crippen molar-refractivity contribution in [2.75, 3.05) is 20.2 Å². The molecule has 1 fully saturated rings. The largest absolute Gasteiger partial charge is 0.469 e. The van der Waals surface area contributed by atoms with Crippen LogP contribution in [0.2, 0.25) is 0 Å². The van der Waals surface area contributed by atoms with Gasteiger partial charge in [0.15, 0.2) is 0 Å². The van der Waals surface area contributed by atoms with Crippen LogP contribution in [-0.2, 0) is 21.9 Å². The minimum atomic E-state index is -4.77. The highest BCUT2D eigenvalue weighted by Crippen LogP contribution is 2.40. The number of benzene rings is 1. The molecule has 1 aromatic rings. The van der Waals surface area contributed by atoms with Crippen LogP contribution in [0.25, 0.3) is 0 Å². The van der Waals surface area contributed by atoms with Crippen LogP contribution in [0.3, 0.4) is 0 Å². The fourth-order valence-corrected chi connectivity index (χ4v) is 3.04. The highest BCUT2D eigenvalue weighted by atomic mass is 19.4. The molecule has 2 atom stereocenters. The monoisotopic (exact) mass is 369 g/mol. The van der Waals surface area contributed by atoms with Crippen LogP contribution < -0.4 is 0 Å². The van der Waals surface area contributed by atoms with Gasteiger partial charge in [0.05, 0.1) is 24.2 Å². The summed E-state index contributed by atoms with van der Waals surface area (Å²) in [6.45, 7) is 1.85. The van der Waals surface area contributed by atoms with E-state index in [0.29, 0.717) is 31.2 Å². The number of halogens is 6. The lowest BCUT2D eigenvalue weighted by Crippen LogP contribution is -2.28. The molecule has 2 unspecified atom stereocenters. The molecule has 0 N–H and O–H groups in total. The molecule has 1 saturated heterocycles. The zero-order chi connectivity index (χ0) is 19.0. The molecule has 0 aliphatic carbocycles. The predicted octanol–water partition coefficient (Wildman–Crippen LogP) is 4.28. The molecule has 25 heavy (non-hydrogen) atoms. The van der Waals surface area contributed by atoms with Gasteiger partial charge in [-0.05, 0) is 43.7 Å². The molecule has 0 saturated carbocycles. The van der Waals surface area contributed by atoms with Gasteiger partial charge in [0.1, 0.15) is 0 Å². The minimum Gasteiger partial charge on any atom is -0.469 e. The Balaban J connectivity index is 2.37. The molecule has 140 valence electrons. The highest BCUT2D eigenvalue weighted by molar-refractivity contribution is 5.72. The maximum atomic E-state index is 13.2. The smallest absolute Gasteiger partial charge is 0.416 e. The average Bonchev–Trinajstić information content (AvgIpc) is 3.01. The first-order valence-electron chi connectivity index (χ1n) is 7.55. The Labute approximate surface area is 140 Å². The molecule has 0 amide bonds. The molecule has 0 radical (unpaired) electrons. The third-order valence-electron chi connectivity index (χ3n) is 4.44. The van der Waals surface area contributed by atoms with Gasteiger partial charge in [0, 0.05) is 12.6 Å². The SMILES string of the molecule is COC(=O)C1CCN(C(C)c2cc(C(F)(F)F)ccc2C(F)(F)F)C1. The highest BCUT2D eigenvalue weighted by Gasteiger charge is 2.40. The third-order valence-corrected chi connectivity index (χ3v) is 4.44. The minimum absolute atomic E-state index is 0.140. The van der Waals surface area contributed by atoms with Crippen molar-refractivity contribution in [2.45, 2.75) is 31.7 Å². The Bertz CT molecular complexity index is 640. The number of rotatable bonds is 3. The van der Waals surface area contributed by atoms with E-state index in [1.807, 2.05) is 0 Å². The fourth-order valence-electron chi connectivity index (χ4n) is 3.04. The van der Waals surface area contributed by atoms with Crippen LogP contribution in [0.4, 0.5) is 26.3 Å². The van der Waals surface area contributed by atoms with Crippen LogP contribution in [0, 0.1) is 5.92 Å². The Hall–Kier alpha value is -1.77. The van der Waals surface area contributed by atoms with Gasteiger partial charge in [-0.25, -0.2) is 0 Å². The van der Waals surface area contributed by atoms with E-state index in [4.69, 9.17) is 0 Å². The number of alkyl halides is 6. The maximum absolute atomic E-state index is 13.2. The second-order valence-electron chi connectivity index (χ2n) is 5.98. The molecule has 1 aromatic carbocycles. The van der Waals surface area contributed by atoms with E-state index in [-0.39, 0.29) is 6.54 Å². The van der Waals surface area contributed by atoms with Crippen molar-refractivity contribution < 1.29 is 35.9 Å². The van der Waals surface area contributed by atoms with E-state index in [1.54, 1.807) is 4.90 Å². The molecule has 1 aliphatic heterocycles. The predicted molar refractivity (Wildman–Crippen MR) is 76.6 cm³/mol. The number of esters is 1. The second kappa shape index (κ2) is 6.86. The topological polar surface area (TPSA) is 29.5 Å². The van der Waals surface area contributed by atoms with Crippen molar-refractivity contribution in [3.8, 4) is 0 Å². The molecule has 9 heteroatoms. The first-order valence-corrected chi connectivity index (χ1v) is 7.55. The van der Waals surface area contributed by atoms with Gasteiger partial charge in [0.25, 0.3) is 0 Å². The van der Waals surface area contributed by atoms with Gasteiger partial charge in [-0.3, -0.25) is 9.69 Å².